The minimum absolute atomic E-state index is 0.189. The number of rotatable bonds is 8. The summed E-state index contributed by atoms with van der Waals surface area (Å²) >= 11 is 6.40. The van der Waals surface area contributed by atoms with E-state index in [1.807, 2.05) is 80.6 Å². The van der Waals surface area contributed by atoms with Gasteiger partial charge >= 0.3 is 0 Å². The number of anilines is 1. The Labute approximate surface area is 215 Å². The molecule has 7 nitrogen and oxygen atoms in total. The average Bonchev–Trinajstić information content (AvgIpc) is 3.28. The molecule has 0 saturated heterocycles. The van der Waals surface area contributed by atoms with E-state index in [1.165, 1.54) is 0 Å². The van der Waals surface area contributed by atoms with Crippen molar-refractivity contribution in [3.05, 3.63) is 96.1 Å². The van der Waals surface area contributed by atoms with Gasteiger partial charge in [-0.3, -0.25) is 0 Å². The summed E-state index contributed by atoms with van der Waals surface area (Å²) in [5, 5.41) is 8.28. The van der Waals surface area contributed by atoms with Crippen LogP contribution in [-0.2, 0) is 10.0 Å². The quantitative estimate of drug-likeness (QED) is 0.244. The van der Waals surface area contributed by atoms with Gasteiger partial charge < -0.3 is 5.32 Å². The fraction of sp³-hybridized carbons (Fsp3) is 0.0769. The van der Waals surface area contributed by atoms with Gasteiger partial charge in [0.1, 0.15) is 13.7 Å². The highest BCUT2D eigenvalue weighted by atomic mass is 35.5. The molecule has 10 heteroatoms. The van der Waals surface area contributed by atoms with Gasteiger partial charge in [0.2, 0.25) is 10.0 Å². The SMILES string of the molecule is Bc1cnn2c(NCCNS(=O)(=O)c3ccc(-c4ccccc4)cc3)cc(-c3ccccc3Cl)nc12. The number of aromatic nitrogens is 3. The minimum Gasteiger partial charge on any atom is -0.369 e. The highest BCUT2D eigenvalue weighted by Gasteiger charge is 2.15. The molecule has 5 rings (SSSR count). The summed E-state index contributed by atoms with van der Waals surface area (Å²) in [4.78, 5) is 4.95. The lowest BCUT2D eigenvalue weighted by molar-refractivity contribution is 0.583. The molecule has 2 N–H and O–H groups in total. The second kappa shape index (κ2) is 10.1. The normalized spacial score (nSPS) is 11.6. The molecule has 0 aliphatic heterocycles. The first-order valence-electron chi connectivity index (χ1n) is 11.4. The first kappa shape index (κ1) is 24.1. The summed E-state index contributed by atoms with van der Waals surface area (Å²) in [6, 6.07) is 26.1. The third-order valence-electron chi connectivity index (χ3n) is 5.79. The summed E-state index contributed by atoms with van der Waals surface area (Å²) in [6.07, 6.45) is 1.74. The van der Waals surface area contributed by atoms with E-state index in [2.05, 4.69) is 15.1 Å². The Balaban J connectivity index is 1.29. The Kier molecular flexibility index (Phi) is 6.78. The van der Waals surface area contributed by atoms with E-state index in [0.29, 0.717) is 28.7 Å². The summed E-state index contributed by atoms with van der Waals surface area (Å²) < 4.78 is 30.0. The molecule has 0 atom stereocenters. The van der Waals surface area contributed by atoms with E-state index in [4.69, 9.17) is 16.6 Å². The van der Waals surface area contributed by atoms with Crippen molar-refractivity contribution in [3.8, 4) is 22.4 Å². The Morgan fingerprint density at radius 1 is 0.889 bits per heavy atom. The molecule has 3 aromatic carbocycles. The molecular weight excluding hydrogens is 493 g/mol. The molecule has 2 aromatic heterocycles. The maximum atomic E-state index is 12.8. The lowest BCUT2D eigenvalue weighted by atomic mass is 10.0. The van der Waals surface area contributed by atoms with E-state index < -0.39 is 10.0 Å². The number of hydrogen-bond donors (Lipinski definition) is 2. The number of hydrogen-bond acceptors (Lipinski definition) is 5. The number of fused-ring (bicyclic) bond motifs is 1. The molecule has 2 heterocycles. The fourth-order valence-corrected chi connectivity index (χ4v) is 5.19. The summed E-state index contributed by atoms with van der Waals surface area (Å²) in [7, 11) is -1.71. The number of nitrogens with zero attached hydrogens (tertiary/aromatic N) is 3. The fourth-order valence-electron chi connectivity index (χ4n) is 3.92. The predicted molar refractivity (Wildman–Crippen MR) is 147 cm³/mol. The monoisotopic (exact) mass is 515 g/mol. The maximum Gasteiger partial charge on any atom is 0.240 e. The van der Waals surface area contributed by atoms with Gasteiger partial charge in [-0.2, -0.15) is 9.61 Å². The van der Waals surface area contributed by atoms with Gasteiger partial charge in [-0.15, -0.1) is 0 Å². The molecule has 0 amide bonds. The van der Waals surface area contributed by atoms with Crippen LogP contribution >= 0.6 is 11.6 Å². The average molecular weight is 516 g/mol. The Hall–Kier alpha value is -3.66. The summed E-state index contributed by atoms with van der Waals surface area (Å²) in [5.41, 5.74) is 5.14. The van der Waals surface area contributed by atoms with Crippen molar-refractivity contribution in [1.82, 2.24) is 19.3 Å². The molecule has 0 bridgehead atoms. The third kappa shape index (κ3) is 4.99. The molecule has 0 fully saturated rings. The smallest absolute Gasteiger partial charge is 0.240 e. The van der Waals surface area contributed by atoms with Gasteiger partial charge in [-0.25, -0.2) is 18.1 Å². The van der Waals surface area contributed by atoms with Crippen molar-refractivity contribution in [2.24, 2.45) is 0 Å². The van der Waals surface area contributed by atoms with Crippen molar-refractivity contribution in [3.63, 3.8) is 0 Å². The van der Waals surface area contributed by atoms with Gasteiger partial charge in [0.25, 0.3) is 0 Å². The van der Waals surface area contributed by atoms with Crippen LogP contribution in [0.5, 0.6) is 0 Å². The lowest BCUT2D eigenvalue weighted by Crippen LogP contribution is -2.29. The van der Waals surface area contributed by atoms with Crippen LogP contribution in [0.15, 0.2) is 96.0 Å². The van der Waals surface area contributed by atoms with Gasteiger partial charge in [0, 0.05) is 35.9 Å². The molecule has 0 radical (unpaired) electrons. The van der Waals surface area contributed by atoms with Crippen LogP contribution in [0.2, 0.25) is 5.02 Å². The Bertz CT molecular complexity index is 1620. The van der Waals surface area contributed by atoms with Gasteiger partial charge in [0.15, 0.2) is 5.65 Å². The van der Waals surface area contributed by atoms with Gasteiger partial charge in [0.05, 0.1) is 10.6 Å². The Morgan fingerprint density at radius 2 is 1.58 bits per heavy atom. The zero-order chi connectivity index (χ0) is 25.1. The zero-order valence-corrected chi connectivity index (χ0v) is 21.1. The van der Waals surface area contributed by atoms with Crippen molar-refractivity contribution in [2.45, 2.75) is 4.90 Å². The molecular formula is C26H23BClN5O2S. The van der Waals surface area contributed by atoms with Crippen molar-refractivity contribution < 1.29 is 8.42 Å². The zero-order valence-electron chi connectivity index (χ0n) is 19.5. The number of nitrogens with one attached hydrogen (secondary N) is 2. The molecule has 0 unspecified atom stereocenters. The summed E-state index contributed by atoms with van der Waals surface area (Å²) in [5.74, 6) is 0.689. The van der Waals surface area contributed by atoms with Crippen molar-refractivity contribution in [1.29, 1.82) is 0 Å². The number of benzene rings is 3. The van der Waals surface area contributed by atoms with Crippen LogP contribution in [0.3, 0.4) is 0 Å². The molecule has 0 aliphatic rings. The second-order valence-electron chi connectivity index (χ2n) is 8.28. The first-order chi connectivity index (χ1) is 17.4. The summed E-state index contributed by atoms with van der Waals surface area (Å²) in [6.45, 7) is 0.537. The number of halogens is 1. The van der Waals surface area contributed by atoms with E-state index >= 15 is 0 Å². The highest BCUT2D eigenvalue weighted by Crippen LogP contribution is 2.28. The maximum absolute atomic E-state index is 12.8. The largest absolute Gasteiger partial charge is 0.369 e. The van der Waals surface area contributed by atoms with Crippen LogP contribution in [0.1, 0.15) is 0 Å². The predicted octanol–water partition coefficient (Wildman–Crippen LogP) is 3.37. The molecule has 0 spiro atoms. The standard InChI is InChI=1S/C26H23BClN5O2S/c27-22-17-30-33-25(16-24(32-26(22)33)21-8-4-5-9-23(21)28)29-14-15-31-36(34,35)20-12-10-19(11-13-20)18-6-2-1-3-7-18/h1-13,16-17,29,31H,14-15,27H2. The van der Waals surface area contributed by atoms with Crippen molar-refractivity contribution >= 4 is 46.4 Å². The van der Waals surface area contributed by atoms with Gasteiger partial charge in [-0.1, -0.05) is 72.3 Å². The van der Waals surface area contributed by atoms with Crippen LogP contribution < -0.4 is 15.5 Å². The van der Waals surface area contributed by atoms with Crippen LogP contribution in [0.25, 0.3) is 28.0 Å². The number of sulfonamides is 1. The Morgan fingerprint density at radius 3 is 2.33 bits per heavy atom. The lowest BCUT2D eigenvalue weighted by Gasteiger charge is -2.13. The van der Waals surface area contributed by atoms with E-state index in [-0.39, 0.29) is 11.4 Å². The third-order valence-corrected chi connectivity index (χ3v) is 7.60. The van der Waals surface area contributed by atoms with E-state index in [0.717, 1.165) is 22.2 Å². The molecule has 0 aliphatic carbocycles. The minimum atomic E-state index is -3.65. The molecule has 36 heavy (non-hydrogen) atoms. The van der Waals surface area contributed by atoms with E-state index in [1.54, 1.807) is 22.8 Å². The van der Waals surface area contributed by atoms with E-state index in [9.17, 15) is 8.42 Å². The second-order valence-corrected chi connectivity index (χ2v) is 10.5. The van der Waals surface area contributed by atoms with Crippen molar-refractivity contribution in [2.75, 3.05) is 18.4 Å². The molecule has 0 saturated carbocycles. The molecule has 5 aromatic rings. The van der Waals surface area contributed by atoms with Crippen LogP contribution in [0.4, 0.5) is 5.82 Å². The first-order valence-corrected chi connectivity index (χ1v) is 13.3. The van der Waals surface area contributed by atoms with Crippen LogP contribution in [-0.4, -0.2) is 44.0 Å². The highest BCUT2D eigenvalue weighted by molar-refractivity contribution is 7.89. The topological polar surface area (TPSA) is 88.4 Å². The van der Waals surface area contributed by atoms with Crippen LogP contribution in [0, 0.1) is 0 Å². The van der Waals surface area contributed by atoms with Gasteiger partial charge in [-0.05, 0) is 34.8 Å². The molecule has 180 valence electrons.